The van der Waals surface area contributed by atoms with Gasteiger partial charge in [0.05, 0.1) is 40.8 Å². The van der Waals surface area contributed by atoms with Crippen molar-refractivity contribution in [3.05, 3.63) is 30.6 Å². The van der Waals surface area contributed by atoms with Crippen LogP contribution in [-0.4, -0.2) is 53.4 Å². The zero-order valence-electron chi connectivity index (χ0n) is 17.3. The maximum absolute atomic E-state index is 5.41. The van der Waals surface area contributed by atoms with Gasteiger partial charge in [-0.3, -0.25) is 0 Å². The molecule has 4 aromatic rings. The van der Waals surface area contributed by atoms with Crippen LogP contribution in [0.5, 0.6) is 23.5 Å². The number of imidazole rings is 1. The summed E-state index contributed by atoms with van der Waals surface area (Å²) in [4.78, 5) is 23.6. The summed E-state index contributed by atoms with van der Waals surface area (Å²) in [6.07, 6.45) is 1.54. The zero-order valence-corrected chi connectivity index (χ0v) is 17.3. The quantitative estimate of drug-likeness (QED) is 0.384. The highest BCUT2D eigenvalue weighted by Gasteiger charge is 2.18. The molecule has 0 saturated heterocycles. The molecular weight excluding hydrogens is 404 g/mol. The minimum absolute atomic E-state index is 0.295. The predicted octanol–water partition coefficient (Wildman–Crippen LogP) is 2.08. The Balaban J connectivity index is 1.71. The number of nitrogens with zero attached hydrogens (tertiary/aromatic N) is 4. The van der Waals surface area contributed by atoms with Crippen LogP contribution in [0.1, 0.15) is 0 Å². The van der Waals surface area contributed by atoms with Crippen LogP contribution in [0.3, 0.4) is 0 Å². The van der Waals surface area contributed by atoms with Crippen molar-refractivity contribution in [2.75, 3.05) is 39.1 Å². The van der Waals surface area contributed by atoms with Gasteiger partial charge in [-0.15, -0.1) is 4.98 Å². The molecule has 12 heteroatoms. The van der Waals surface area contributed by atoms with Crippen molar-refractivity contribution >= 4 is 34.3 Å². The van der Waals surface area contributed by atoms with Crippen LogP contribution >= 0.6 is 0 Å². The Kier molecular flexibility index (Phi) is 5.51. The normalized spacial score (nSPS) is 10.6. The molecule has 0 saturated carbocycles. The van der Waals surface area contributed by atoms with Gasteiger partial charge in [0.25, 0.3) is 0 Å². The van der Waals surface area contributed by atoms with Crippen molar-refractivity contribution in [3.63, 3.8) is 0 Å². The van der Waals surface area contributed by atoms with Gasteiger partial charge < -0.3 is 34.6 Å². The van der Waals surface area contributed by atoms with E-state index in [-0.39, 0.29) is 0 Å². The Morgan fingerprint density at radius 2 is 1.68 bits per heavy atom. The van der Waals surface area contributed by atoms with E-state index >= 15 is 0 Å². The summed E-state index contributed by atoms with van der Waals surface area (Å²) >= 11 is 0. The number of hydrogen-bond acceptors (Lipinski definition) is 10. The second-order valence-electron chi connectivity index (χ2n) is 6.13. The Hall–Kier alpha value is -4.35. The molecule has 0 bridgehead atoms. The van der Waals surface area contributed by atoms with E-state index in [9.17, 15) is 0 Å². The molecule has 0 fully saturated rings. The van der Waals surface area contributed by atoms with Crippen molar-refractivity contribution < 1.29 is 23.9 Å². The minimum Gasteiger partial charge on any atom is -0.481 e. The summed E-state index contributed by atoms with van der Waals surface area (Å²) in [6, 6.07) is 7.04. The fraction of sp³-hybridized carbons (Fsp3) is 0.211. The summed E-state index contributed by atoms with van der Waals surface area (Å²) in [6.45, 7) is 0. The zero-order chi connectivity index (χ0) is 21.8. The smallest absolute Gasteiger partial charge is 0.393 e. The summed E-state index contributed by atoms with van der Waals surface area (Å²) in [7, 11) is 6.17. The second-order valence-corrected chi connectivity index (χ2v) is 6.13. The molecule has 0 aromatic carbocycles. The first-order chi connectivity index (χ1) is 15.1. The first kappa shape index (κ1) is 19.9. The van der Waals surface area contributed by atoms with Crippen molar-refractivity contribution in [3.8, 4) is 23.5 Å². The molecule has 0 unspecified atom stereocenters. The SMILES string of the molecule is COc1ccc(Nc2nc(Nc3ccc(OC)[nH+]c3OC)c3[nH]cnc3n2)c(OC)n1. The molecule has 0 spiro atoms. The van der Waals surface area contributed by atoms with Gasteiger partial charge in [-0.2, -0.15) is 15.0 Å². The van der Waals surface area contributed by atoms with Gasteiger partial charge in [-0.05, 0) is 12.1 Å². The van der Waals surface area contributed by atoms with Crippen LogP contribution in [-0.2, 0) is 0 Å². The molecule has 0 atom stereocenters. The van der Waals surface area contributed by atoms with E-state index < -0.39 is 0 Å². The van der Waals surface area contributed by atoms with Gasteiger partial charge in [0.1, 0.15) is 11.2 Å². The average molecular weight is 425 g/mol. The number of H-pyrrole nitrogens is 2. The maximum atomic E-state index is 5.41. The van der Waals surface area contributed by atoms with E-state index in [0.29, 0.717) is 57.8 Å². The van der Waals surface area contributed by atoms with E-state index in [2.05, 4.69) is 40.5 Å². The number of methoxy groups -OCH3 is 4. The topological polar surface area (TPSA) is 142 Å². The van der Waals surface area contributed by atoms with Gasteiger partial charge in [0, 0.05) is 6.07 Å². The summed E-state index contributed by atoms with van der Waals surface area (Å²) in [5, 5.41) is 6.35. The second kappa shape index (κ2) is 8.57. The molecule has 0 aliphatic heterocycles. The number of nitrogens with one attached hydrogen (secondary N) is 4. The lowest BCUT2D eigenvalue weighted by molar-refractivity contribution is -0.405. The molecule has 4 rings (SSSR count). The fourth-order valence-electron chi connectivity index (χ4n) is 2.85. The third-order valence-electron chi connectivity index (χ3n) is 4.33. The van der Waals surface area contributed by atoms with Gasteiger partial charge in [-0.1, -0.05) is 0 Å². The molecular formula is C19H21N8O4+. The van der Waals surface area contributed by atoms with Crippen LogP contribution in [0.15, 0.2) is 30.6 Å². The molecule has 0 aliphatic rings. The van der Waals surface area contributed by atoms with Crippen LogP contribution in [0.25, 0.3) is 11.2 Å². The van der Waals surface area contributed by atoms with Crippen LogP contribution in [0.2, 0.25) is 0 Å². The lowest BCUT2D eigenvalue weighted by Gasteiger charge is -2.12. The number of anilines is 4. The van der Waals surface area contributed by atoms with Gasteiger partial charge in [-0.25, -0.2) is 4.98 Å². The summed E-state index contributed by atoms with van der Waals surface area (Å²) < 4.78 is 21.1. The van der Waals surface area contributed by atoms with E-state index in [1.807, 2.05) is 6.07 Å². The largest absolute Gasteiger partial charge is 0.481 e. The van der Waals surface area contributed by atoms with E-state index in [4.69, 9.17) is 18.9 Å². The molecule has 0 aliphatic carbocycles. The molecule has 4 N–H and O–H groups in total. The van der Waals surface area contributed by atoms with Crippen molar-refractivity contribution in [1.29, 1.82) is 0 Å². The molecule has 0 radical (unpaired) electrons. The van der Waals surface area contributed by atoms with Crippen molar-refractivity contribution in [1.82, 2.24) is 24.9 Å². The number of pyridine rings is 2. The molecule has 160 valence electrons. The third-order valence-corrected chi connectivity index (χ3v) is 4.33. The van der Waals surface area contributed by atoms with E-state index in [1.54, 1.807) is 38.7 Å². The Morgan fingerprint density at radius 3 is 2.42 bits per heavy atom. The lowest BCUT2D eigenvalue weighted by Crippen LogP contribution is -2.13. The minimum atomic E-state index is 0.295. The summed E-state index contributed by atoms with van der Waals surface area (Å²) in [5.41, 5.74) is 2.31. The van der Waals surface area contributed by atoms with Crippen LogP contribution in [0, 0.1) is 0 Å². The standard InChI is InChI=1S/C19H20N8O4/c1-28-12-7-5-10(17(24-12)30-3)22-16-14-15(21-9-20-14)26-19(27-16)23-11-6-8-13(29-2)25-18(11)31-4/h5-9H,1-4H3,(H3,20,21,22,23,26,27)/p+1. The number of fused-ring (bicyclic) bond motifs is 1. The highest BCUT2D eigenvalue weighted by molar-refractivity contribution is 5.87. The lowest BCUT2D eigenvalue weighted by atomic mass is 10.3. The van der Waals surface area contributed by atoms with Gasteiger partial charge in [0.2, 0.25) is 17.7 Å². The number of rotatable bonds is 8. The van der Waals surface area contributed by atoms with Crippen molar-refractivity contribution in [2.24, 2.45) is 0 Å². The number of aromatic nitrogens is 6. The Morgan fingerprint density at radius 1 is 0.839 bits per heavy atom. The Bertz CT molecular complexity index is 1210. The number of hydrogen-bond donors (Lipinski definition) is 3. The molecule has 12 nitrogen and oxygen atoms in total. The highest BCUT2D eigenvalue weighted by atomic mass is 16.5. The summed E-state index contributed by atoms with van der Waals surface area (Å²) in [5.74, 6) is 2.58. The maximum Gasteiger partial charge on any atom is 0.393 e. The van der Waals surface area contributed by atoms with Gasteiger partial charge >= 0.3 is 11.8 Å². The molecule has 0 amide bonds. The fourth-order valence-corrected chi connectivity index (χ4v) is 2.85. The van der Waals surface area contributed by atoms with Crippen LogP contribution < -0.4 is 34.6 Å². The third kappa shape index (κ3) is 4.03. The first-order valence-corrected chi connectivity index (χ1v) is 9.13. The van der Waals surface area contributed by atoms with Crippen molar-refractivity contribution in [2.45, 2.75) is 0 Å². The average Bonchev–Trinajstić information content (AvgIpc) is 3.28. The van der Waals surface area contributed by atoms with E-state index in [0.717, 1.165) is 0 Å². The van der Waals surface area contributed by atoms with Gasteiger partial charge in [0.15, 0.2) is 17.2 Å². The predicted molar refractivity (Wildman–Crippen MR) is 112 cm³/mol. The highest BCUT2D eigenvalue weighted by Crippen LogP contribution is 2.30. The number of ether oxygens (including phenoxy) is 4. The monoisotopic (exact) mass is 425 g/mol. The molecule has 4 heterocycles. The first-order valence-electron chi connectivity index (χ1n) is 9.13. The molecule has 4 aromatic heterocycles. The van der Waals surface area contributed by atoms with Crippen LogP contribution in [0.4, 0.5) is 23.1 Å². The molecule has 31 heavy (non-hydrogen) atoms. The Labute approximate surface area is 177 Å². The number of aromatic amines is 2. The van der Waals surface area contributed by atoms with E-state index in [1.165, 1.54) is 14.2 Å².